The summed E-state index contributed by atoms with van der Waals surface area (Å²) in [5, 5.41) is 5.55. The molecule has 30 heavy (non-hydrogen) atoms. The molecule has 0 radical (unpaired) electrons. The molecule has 1 aliphatic heterocycles. The summed E-state index contributed by atoms with van der Waals surface area (Å²) in [6.45, 7) is 6.42. The summed E-state index contributed by atoms with van der Waals surface area (Å²) >= 11 is 0. The number of nitrogens with one attached hydrogen (secondary N) is 2. The van der Waals surface area contributed by atoms with Crippen molar-refractivity contribution in [2.45, 2.75) is 20.8 Å². The summed E-state index contributed by atoms with van der Waals surface area (Å²) in [5.74, 6) is 1.68. The van der Waals surface area contributed by atoms with Gasteiger partial charge in [-0.25, -0.2) is 4.79 Å². The molecule has 1 heterocycles. The van der Waals surface area contributed by atoms with E-state index in [9.17, 15) is 9.59 Å². The van der Waals surface area contributed by atoms with Gasteiger partial charge in [0.15, 0.2) is 11.5 Å². The Bertz CT molecular complexity index is 958. The summed E-state index contributed by atoms with van der Waals surface area (Å²) in [6.07, 6.45) is 0. The zero-order valence-corrected chi connectivity index (χ0v) is 17.9. The van der Waals surface area contributed by atoms with E-state index < -0.39 is 11.4 Å². The molecule has 1 aliphatic rings. The fourth-order valence-corrected chi connectivity index (χ4v) is 3.24. The molecule has 0 aliphatic carbocycles. The largest absolute Gasteiger partial charge is 0.493 e. The molecule has 0 fully saturated rings. The van der Waals surface area contributed by atoms with E-state index in [0.29, 0.717) is 47.5 Å². The lowest BCUT2D eigenvalue weighted by atomic mass is 9.93. The van der Waals surface area contributed by atoms with Crippen molar-refractivity contribution in [2.75, 3.05) is 42.9 Å². The van der Waals surface area contributed by atoms with Gasteiger partial charge in [-0.15, -0.1) is 0 Å². The van der Waals surface area contributed by atoms with Crippen molar-refractivity contribution in [3.63, 3.8) is 0 Å². The van der Waals surface area contributed by atoms with Crippen molar-refractivity contribution in [3.8, 4) is 17.2 Å². The molecule has 0 spiro atoms. The van der Waals surface area contributed by atoms with E-state index >= 15 is 0 Å². The average Bonchev–Trinajstić information content (AvgIpc) is 2.82. The maximum absolute atomic E-state index is 12.9. The van der Waals surface area contributed by atoms with Crippen molar-refractivity contribution in [1.82, 2.24) is 0 Å². The fraction of sp³-hybridized carbons (Fsp3) is 0.364. The molecule has 0 bridgehead atoms. The van der Waals surface area contributed by atoms with Crippen molar-refractivity contribution in [3.05, 3.63) is 36.4 Å². The summed E-state index contributed by atoms with van der Waals surface area (Å²) in [6, 6.07) is 9.91. The van der Waals surface area contributed by atoms with Gasteiger partial charge in [0.1, 0.15) is 12.4 Å². The van der Waals surface area contributed by atoms with Crippen LogP contribution in [0.4, 0.5) is 21.9 Å². The van der Waals surface area contributed by atoms with Crippen LogP contribution in [0.3, 0.4) is 0 Å². The lowest BCUT2D eigenvalue weighted by Crippen LogP contribution is -2.42. The van der Waals surface area contributed by atoms with Crippen molar-refractivity contribution in [1.29, 1.82) is 0 Å². The Kier molecular flexibility index (Phi) is 6.05. The van der Waals surface area contributed by atoms with Crippen LogP contribution in [0.5, 0.6) is 17.2 Å². The Hall–Kier alpha value is -3.42. The Morgan fingerprint density at radius 3 is 2.33 bits per heavy atom. The van der Waals surface area contributed by atoms with Crippen LogP contribution in [0.2, 0.25) is 0 Å². The normalized spacial score (nSPS) is 14.8. The Morgan fingerprint density at radius 2 is 1.70 bits per heavy atom. The number of rotatable bonds is 5. The second-order valence-electron chi connectivity index (χ2n) is 7.55. The van der Waals surface area contributed by atoms with Crippen molar-refractivity contribution < 1.29 is 23.8 Å². The second-order valence-corrected chi connectivity index (χ2v) is 7.55. The first kappa shape index (κ1) is 21.3. The highest BCUT2D eigenvalue weighted by molar-refractivity contribution is 6.02. The summed E-state index contributed by atoms with van der Waals surface area (Å²) in [4.78, 5) is 27.0. The van der Waals surface area contributed by atoms with Crippen LogP contribution >= 0.6 is 0 Å². The van der Waals surface area contributed by atoms with Gasteiger partial charge in [0.05, 0.1) is 25.3 Å². The lowest BCUT2D eigenvalue weighted by Gasteiger charge is -2.27. The SMILES string of the molecule is CCN1C(=O)C(C)(C)COc2ccc(NC(=O)Nc3ccc(OC)c(OC)c3)cc21. The molecule has 2 N–H and O–H groups in total. The van der Waals surface area contributed by atoms with Gasteiger partial charge in [0, 0.05) is 24.0 Å². The summed E-state index contributed by atoms with van der Waals surface area (Å²) in [7, 11) is 3.08. The third kappa shape index (κ3) is 4.27. The van der Waals surface area contributed by atoms with E-state index in [1.807, 2.05) is 20.8 Å². The van der Waals surface area contributed by atoms with E-state index in [0.717, 1.165) is 0 Å². The van der Waals surface area contributed by atoms with Gasteiger partial charge in [0.2, 0.25) is 5.91 Å². The van der Waals surface area contributed by atoms with Gasteiger partial charge in [0.25, 0.3) is 0 Å². The highest BCUT2D eigenvalue weighted by atomic mass is 16.5. The van der Waals surface area contributed by atoms with E-state index in [2.05, 4.69) is 10.6 Å². The predicted octanol–water partition coefficient (Wildman–Crippen LogP) is 4.12. The number of ether oxygens (including phenoxy) is 3. The van der Waals surface area contributed by atoms with Crippen molar-refractivity contribution >= 4 is 29.0 Å². The topological polar surface area (TPSA) is 89.1 Å². The Balaban J connectivity index is 1.79. The molecule has 2 aromatic rings. The van der Waals surface area contributed by atoms with Crippen LogP contribution in [0, 0.1) is 5.41 Å². The molecule has 0 aromatic heterocycles. The first-order valence-electron chi connectivity index (χ1n) is 9.68. The molecular weight excluding hydrogens is 386 g/mol. The third-order valence-electron chi connectivity index (χ3n) is 4.88. The minimum Gasteiger partial charge on any atom is -0.493 e. The van der Waals surface area contributed by atoms with Gasteiger partial charge in [-0.1, -0.05) is 0 Å². The molecule has 3 amide bonds. The molecule has 8 nitrogen and oxygen atoms in total. The van der Waals surface area contributed by atoms with Crippen LogP contribution in [0.1, 0.15) is 20.8 Å². The van der Waals surface area contributed by atoms with Crippen LogP contribution in [-0.2, 0) is 4.79 Å². The molecule has 0 saturated carbocycles. The van der Waals surface area contributed by atoms with Crippen molar-refractivity contribution in [2.24, 2.45) is 5.41 Å². The van der Waals surface area contributed by atoms with Gasteiger partial charge in [-0.05, 0) is 51.1 Å². The first-order chi connectivity index (χ1) is 14.3. The number of hydrogen-bond donors (Lipinski definition) is 2. The van der Waals surface area contributed by atoms with Crippen LogP contribution in [0.15, 0.2) is 36.4 Å². The Labute approximate surface area is 176 Å². The predicted molar refractivity (Wildman–Crippen MR) is 116 cm³/mol. The highest BCUT2D eigenvalue weighted by Gasteiger charge is 2.37. The maximum atomic E-state index is 12.9. The van der Waals surface area contributed by atoms with Gasteiger partial charge < -0.3 is 29.7 Å². The zero-order chi connectivity index (χ0) is 21.9. The minimum absolute atomic E-state index is 0.0179. The average molecular weight is 413 g/mol. The minimum atomic E-state index is -0.632. The number of carbonyl (C=O) groups is 2. The molecule has 160 valence electrons. The smallest absolute Gasteiger partial charge is 0.323 e. The molecular formula is C22H27N3O5. The highest BCUT2D eigenvalue weighted by Crippen LogP contribution is 2.38. The number of nitrogens with zero attached hydrogens (tertiary/aromatic N) is 1. The number of benzene rings is 2. The zero-order valence-electron chi connectivity index (χ0n) is 17.9. The molecule has 0 atom stereocenters. The van der Waals surface area contributed by atoms with E-state index in [-0.39, 0.29) is 5.91 Å². The maximum Gasteiger partial charge on any atom is 0.323 e. The van der Waals surface area contributed by atoms with Crippen LogP contribution in [-0.4, -0.2) is 39.3 Å². The summed E-state index contributed by atoms with van der Waals surface area (Å²) in [5.41, 5.74) is 1.10. The fourth-order valence-electron chi connectivity index (χ4n) is 3.24. The van der Waals surface area contributed by atoms with Gasteiger partial charge in [-0.3, -0.25) is 4.79 Å². The quantitative estimate of drug-likeness (QED) is 0.770. The molecule has 0 saturated heterocycles. The van der Waals surface area contributed by atoms with E-state index in [4.69, 9.17) is 14.2 Å². The number of hydrogen-bond acceptors (Lipinski definition) is 5. The second kappa shape index (κ2) is 8.52. The molecule has 0 unspecified atom stereocenters. The number of carbonyl (C=O) groups excluding carboxylic acids is 2. The Morgan fingerprint density at radius 1 is 1.07 bits per heavy atom. The van der Waals surface area contributed by atoms with E-state index in [1.165, 1.54) is 7.11 Å². The third-order valence-corrected chi connectivity index (χ3v) is 4.88. The number of methoxy groups -OCH3 is 2. The number of amides is 3. The monoisotopic (exact) mass is 413 g/mol. The summed E-state index contributed by atoms with van der Waals surface area (Å²) < 4.78 is 16.3. The first-order valence-corrected chi connectivity index (χ1v) is 9.68. The molecule has 8 heteroatoms. The van der Waals surface area contributed by atoms with E-state index in [1.54, 1.807) is 48.4 Å². The standard InChI is InChI=1S/C22H27N3O5/c1-6-25-16-11-14(7-9-17(16)30-13-22(2,3)20(25)26)23-21(27)24-15-8-10-18(28-4)19(12-15)29-5/h7-12H,6,13H2,1-5H3,(H2,23,24,27). The molecule has 2 aromatic carbocycles. The van der Waals surface area contributed by atoms with Crippen LogP contribution < -0.4 is 29.7 Å². The van der Waals surface area contributed by atoms with Crippen LogP contribution in [0.25, 0.3) is 0 Å². The van der Waals surface area contributed by atoms with Gasteiger partial charge in [-0.2, -0.15) is 0 Å². The number of anilines is 3. The van der Waals surface area contributed by atoms with Gasteiger partial charge >= 0.3 is 6.03 Å². The molecule has 3 rings (SSSR count). The lowest BCUT2D eigenvalue weighted by molar-refractivity contribution is -0.127. The number of fused-ring (bicyclic) bond motifs is 1. The number of urea groups is 1.